The third-order valence-electron chi connectivity index (χ3n) is 4.86. The third-order valence-corrected chi connectivity index (χ3v) is 4.86. The Morgan fingerprint density at radius 2 is 1.90 bits per heavy atom. The Bertz CT molecular complexity index is 1190. The number of fused-ring (bicyclic) bond motifs is 1. The zero-order valence-electron chi connectivity index (χ0n) is 16.5. The molecular formula is C22H23ClN6O. The summed E-state index contributed by atoms with van der Waals surface area (Å²) in [6.45, 7) is 2.89. The molecule has 0 bridgehead atoms. The number of aryl methyl sites for hydroxylation is 1. The number of amides is 1. The number of benzene rings is 2. The highest BCUT2D eigenvalue weighted by Gasteiger charge is 2.17. The molecule has 2 aromatic carbocycles. The molecule has 154 valence electrons. The Kier molecular flexibility index (Phi) is 6.34. The minimum Gasteiger partial charge on any atom is -0.366 e. The van der Waals surface area contributed by atoms with Crippen molar-refractivity contribution in [2.24, 2.45) is 11.5 Å². The second-order valence-electron chi connectivity index (χ2n) is 6.82. The predicted molar refractivity (Wildman–Crippen MR) is 121 cm³/mol. The molecular weight excluding hydrogens is 400 g/mol. The minimum absolute atomic E-state index is 0. The monoisotopic (exact) mass is 422 g/mol. The number of nitrogens with two attached hydrogens (primary N) is 2. The normalized spacial score (nSPS) is 10.6. The van der Waals surface area contributed by atoms with Crippen molar-refractivity contribution in [1.29, 1.82) is 0 Å². The van der Waals surface area contributed by atoms with E-state index in [-0.39, 0.29) is 19.0 Å². The molecule has 0 unspecified atom stereocenters. The van der Waals surface area contributed by atoms with Crippen LogP contribution in [0.4, 0.5) is 5.82 Å². The first kappa shape index (κ1) is 21.3. The summed E-state index contributed by atoms with van der Waals surface area (Å²) < 4.78 is 1.87. The fourth-order valence-corrected chi connectivity index (χ4v) is 3.39. The van der Waals surface area contributed by atoms with E-state index in [1.165, 1.54) is 0 Å². The van der Waals surface area contributed by atoms with Gasteiger partial charge in [-0.2, -0.15) is 4.98 Å². The van der Waals surface area contributed by atoms with Crippen LogP contribution in [0.25, 0.3) is 16.9 Å². The Morgan fingerprint density at radius 3 is 2.60 bits per heavy atom. The Balaban J connectivity index is 0.00000256. The number of nitrogens with zero attached hydrogens (tertiary/aromatic N) is 3. The van der Waals surface area contributed by atoms with Crippen molar-refractivity contribution in [2.75, 3.05) is 5.32 Å². The van der Waals surface area contributed by atoms with E-state index in [2.05, 4.69) is 22.4 Å². The molecule has 0 aliphatic rings. The maximum absolute atomic E-state index is 11.8. The first-order valence-electron chi connectivity index (χ1n) is 9.33. The lowest BCUT2D eigenvalue weighted by Gasteiger charge is -2.13. The number of halogens is 1. The summed E-state index contributed by atoms with van der Waals surface area (Å²) in [4.78, 5) is 21.1. The van der Waals surface area contributed by atoms with Crippen LogP contribution in [0.5, 0.6) is 0 Å². The van der Waals surface area contributed by atoms with Crippen molar-refractivity contribution < 1.29 is 4.79 Å². The molecule has 0 saturated carbocycles. The second-order valence-corrected chi connectivity index (χ2v) is 6.82. The number of carbonyl (C=O) groups is 1. The minimum atomic E-state index is -0.480. The number of carbonyl (C=O) groups excluding carboxylic acids is 1. The molecule has 0 aliphatic heterocycles. The van der Waals surface area contributed by atoms with Crippen molar-refractivity contribution in [3.05, 3.63) is 83.2 Å². The molecule has 0 spiro atoms. The molecule has 0 radical (unpaired) electrons. The van der Waals surface area contributed by atoms with Gasteiger partial charge < -0.3 is 16.8 Å². The summed E-state index contributed by atoms with van der Waals surface area (Å²) in [5.74, 6) is 0.754. The number of hydrogen-bond donors (Lipinski definition) is 3. The number of anilines is 1. The Hall–Kier alpha value is -3.42. The highest BCUT2D eigenvalue weighted by atomic mass is 35.5. The van der Waals surface area contributed by atoms with E-state index in [0.717, 1.165) is 33.5 Å². The summed E-state index contributed by atoms with van der Waals surface area (Å²) in [7, 11) is 0. The average Bonchev–Trinajstić information content (AvgIpc) is 3.12. The van der Waals surface area contributed by atoms with E-state index in [1.54, 1.807) is 18.3 Å². The number of hydrogen-bond acceptors (Lipinski definition) is 5. The first-order chi connectivity index (χ1) is 14.1. The first-order valence-corrected chi connectivity index (χ1v) is 9.33. The van der Waals surface area contributed by atoms with Gasteiger partial charge in [-0.25, -0.2) is 4.98 Å². The molecule has 8 heteroatoms. The van der Waals surface area contributed by atoms with E-state index in [0.29, 0.717) is 18.1 Å². The Morgan fingerprint density at radius 1 is 1.13 bits per heavy atom. The van der Waals surface area contributed by atoms with Gasteiger partial charge in [0.05, 0.1) is 5.52 Å². The fourth-order valence-electron chi connectivity index (χ4n) is 3.39. The summed E-state index contributed by atoms with van der Waals surface area (Å²) in [5, 5.41) is 4.12. The van der Waals surface area contributed by atoms with E-state index in [4.69, 9.17) is 16.5 Å². The van der Waals surface area contributed by atoms with Gasteiger partial charge in [-0.05, 0) is 30.7 Å². The van der Waals surface area contributed by atoms with Gasteiger partial charge in [0.2, 0.25) is 11.9 Å². The summed E-state index contributed by atoms with van der Waals surface area (Å²) in [6, 6.07) is 17.4. The zero-order chi connectivity index (χ0) is 20.4. The van der Waals surface area contributed by atoms with Crippen molar-refractivity contribution in [3.8, 4) is 5.95 Å². The zero-order valence-corrected chi connectivity index (χ0v) is 17.3. The van der Waals surface area contributed by atoms with E-state index >= 15 is 0 Å². The molecule has 1 amide bonds. The number of nitrogens with one attached hydrogen (secondary N) is 1. The molecule has 30 heavy (non-hydrogen) atoms. The predicted octanol–water partition coefficient (Wildman–Crippen LogP) is 3.32. The van der Waals surface area contributed by atoms with Gasteiger partial charge in [-0.3, -0.25) is 9.36 Å². The van der Waals surface area contributed by atoms with Gasteiger partial charge >= 0.3 is 0 Å². The number of aromatic nitrogens is 3. The summed E-state index contributed by atoms with van der Waals surface area (Å²) in [6.07, 6.45) is 1.78. The lowest BCUT2D eigenvalue weighted by Crippen LogP contribution is -2.12. The number of primary amides is 1. The van der Waals surface area contributed by atoms with Gasteiger partial charge in [0, 0.05) is 41.5 Å². The molecule has 5 N–H and O–H groups in total. The highest BCUT2D eigenvalue weighted by Crippen LogP contribution is 2.26. The SMILES string of the molecule is Cc1cnc(-n2c(CN)cc3c(C(N)=O)cccc32)nc1NCc1ccccc1.Cl. The molecule has 4 aromatic rings. The summed E-state index contributed by atoms with van der Waals surface area (Å²) in [5.41, 5.74) is 15.6. The van der Waals surface area contributed by atoms with Crippen molar-refractivity contribution in [3.63, 3.8) is 0 Å². The molecule has 4 rings (SSSR count). The van der Waals surface area contributed by atoms with E-state index < -0.39 is 5.91 Å². The molecule has 0 atom stereocenters. The molecule has 2 aromatic heterocycles. The molecule has 7 nitrogen and oxygen atoms in total. The van der Waals surface area contributed by atoms with Gasteiger partial charge in [-0.1, -0.05) is 36.4 Å². The van der Waals surface area contributed by atoms with Gasteiger partial charge in [0.15, 0.2) is 0 Å². The maximum atomic E-state index is 11.8. The second kappa shape index (κ2) is 8.94. The quantitative estimate of drug-likeness (QED) is 0.441. The van der Waals surface area contributed by atoms with Crippen LogP contribution < -0.4 is 16.8 Å². The smallest absolute Gasteiger partial charge is 0.249 e. The van der Waals surface area contributed by atoms with E-state index in [9.17, 15) is 4.79 Å². The lowest BCUT2D eigenvalue weighted by atomic mass is 10.1. The summed E-state index contributed by atoms with van der Waals surface area (Å²) >= 11 is 0. The van der Waals surface area contributed by atoms with Crippen LogP contribution in [0.1, 0.15) is 27.2 Å². The molecule has 0 aliphatic carbocycles. The highest BCUT2D eigenvalue weighted by molar-refractivity contribution is 6.06. The van der Waals surface area contributed by atoms with Gasteiger partial charge in [-0.15, -0.1) is 12.4 Å². The van der Waals surface area contributed by atoms with Crippen molar-refractivity contribution >= 4 is 35.0 Å². The van der Waals surface area contributed by atoms with Crippen LogP contribution in [0.2, 0.25) is 0 Å². The fraction of sp³-hybridized carbons (Fsp3) is 0.136. The standard InChI is InChI=1S/C22H22N6O.ClH/c1-14-12-26-22(27-21(14)25-13-15-6-3-2-4-7-15)28-16(11-23)10-18-17(20(24)29)8-5-9-19(18)28;/h2-10,12H,11,13,23H2,1H3,(H2,24,29)(H,25,26,27);1H. The van der Waals surface area contributed by atoms with Crippen LogP contribution in [-0.4, -0.2) is 20.4 Å². The third kappa shape index (κ3) is 3.98. The number of rotatable bonds is 6. The van der Waals surface area contributed by atoms with Crippen LogP contribution in [-0.2, 0) is 13.1 Å². The lowest BCUT2D eigenvalue weighted by molar-refractivity contribution is 0.100. The van der Waals surface area contributed by atoms with Crippen molar-refractivity contribution in [1.82, 2.24) is 14.5 Å². The van der Waals surface area contributed by atoms with Crippen molar-refractivity contribution in [2.45, 2.75) is 20.0 Å². The van der Waals surface area contributed by atoms with Crippen LogP contribution >= 0.6 is 12.4 Å². The maximum Gasteiger partial charge on any atom is 0.249 e. The molecule has 0 saturated heterocycles. The van der Waals surface area contributed by atoms with Crippen LogP contribution in [0.3, 0.4) is 0 Å². The largest absolute Gasteiger partial charge is 0.366 e. The molecule has 2 heterocycles. The molecule has 0 fully saturated rings. The van der Waals surface area contributed by atoms with Gasteiger partial charge in [0.25, 0.3) is 0 Å². The average molecular weight is 423 g/mol. The Labute approximate surface area is 180 Å². The topological polar surface area (TPSA) is 112 Å². The van der Waals surface area contributed by atoms with E-state index in [1.807, 2.05) is 41.8 Å². The van der Waals surface area contributed by atoms with Crippen LogP contribution in [0.15, 0.2) is 60.8 Å². The van der Waals surface area contributed by atoms with Crippen LogP contribution in [0, 0.1) is 6.92 Å². The van der Waals surface area contributed by atoms with Gasteiger partial charge in [0.1, 0.15) is 5.82 Å².